The van der Waals surface area contributed by atoms with Crippen molar-refractivity contribution in [1.82, 2.24) is 5.32 Å². The Morgan fingerprint density at radius 1 is 1.40 bits per heavy atom. The van der Waals surface area contributed by atoms with E-state index in [0.29, 0.717) is 29.0 Å². The van der Waals surface area contributed by atoms with Crippen LogP contribution in [0.4, 0.5) is 0 Å². The van der Waals surface area contributed by atoms with Gasteiger partial charge >= 0.3 is 5.97 Å². The smallest absolute Gasteiger partial charge is 0.328 e. The van der Waals surface area contributed by atoms with Gasteiger partial charge in [0.1, 0.15) is 0 Å². The number of amides is 1. The van der Waals surface area contributed by atoms with E-state index in [-0.39, 0.29) is 5.91 Å². The summed E-state index contributed by atoms with van der Waals surface area (Å²) in [6.45, 7) is 2.10. The molecule has 0 bridgehead atoms. The molecule has 0 aromatic heterocycles. The van der Waals surface area contributed by atoms with Crippen LogP contribution in [0.25, 0.3) is 6.08 Å². The average Bonchev–Trinajstić information content (AvgIpc) is 2.36. The Balaban J connectivity index is 2.85. The van der Waals surface area contributed by atoms with Crippen LogP contribution in [-0.2, 0) is 15.6 Å². The van der Waals surface area contributed by atoms with E-state index in [2.05, 4.69) is 5.32 Å². The number of nitrogens with one attached hydrogen (secondary N) is 1. The minimum Gasteiger partial charge on any atom is -0.478 e. The number of hydrogen-bond donors (Lipinski definition) is 2. The van der Waals surface area contributed by atoms with E-state index in [9.17, 15) is 13.8 Å². The molecule has 1 aromatic rings. The third-order valence-electron chi connectivity index (χ3n) is 2.70. The Morgan fingerprint density at radius 2 is 2.10 bits per heavy atom. The third kappa shape index (κ3) is 4.97. The summed E-state index contributed by atoms with van der Waals surface area (Å²) >= 11 is 0. The molecule has 0 saturated heterocycles. The average molecular weight is 295 g/mol. The normalized spacial score (nSPS) is 12.3. The zero-order valence-electron chi connectivity index (χ0n) is 11.4. The van der Waals surface area contributed by atoms with Gasteiger partial charge in [0.2, 0.25) is 0 Å². The van der Waals surface area contributed by atoms with Crippen molar-refractivity contribution in [2.45, 2.75) is 6.92 Å². The zero-order chi connectivity index (χ0) is 15.1. The Kier molecular flexibility index (Phi) is 6.11. The quantitative estimate of drug-likeness (QED) is 0.772. The molecule has 108 valence electrons. The first-order chi connectivity index (χ1) is 9.41. The van der Waals surface area contributed by atoms with Crippen LogP contribution >= 0.6 is 0 Å². The van der Waals surface area contributed by atoms with Gasteiger partial charge in [-0.25, -0.2) is 4.79 Å². The molecule has 0 heterocycles. The van der Waals surface area contributed by atoms with Crippen molar-refractivity contribution in [3.63, 3.8) is 0 Å². The lowest BCUT2D eigenvalue weighted by Crippen LogP contribution is -2.28. The number of rotatable bonds is 6. The van der Waals surface area contributed by atoms with Crippen LogP contribution in [0, 0.1) is 6.92 Å². The predicted molar refractivity (Wildman–Crippen MR) is 79.1 cm³/mol. The molecule has 2 N–H and O–H groups in total. The Hall–Kier alpha value is -1.95. The first-order valence-corrected chi connectivity index (χ1v) is 7.73. The number of benzene rings is 1. The number of hydrogen-bond acceptors (Lipinski definition) is 3. The minimum atomic E-state index is -1.04. The van der Waals surface area contributed by atoms with Gasteiger partial charge in [0.25, 0.3) is 5.91 Å². The van der Waals surface area contributed by atoms with Crippen molar-refractivity contribution in [2.75, 3.05) is 18.6 Å². The van der Waals surface area contributed by atoms with Gasteiger partial charge in [-0.15, -0.1) is 0 Å². The fraction of sp³-hybridized carbons (Fsp3) is 0.286. The summed E-state index contributed by atoms with van der Waals surface area (Å²) in [5, 5.41) is 11.3. The maximum atomic E-state index is 12.0. The lowest BCUT2D eigenvalue weighted by Gasteiger charge is -2.09. The second-order valence-corrected chi connectivity index (χ2v) is 5.78. The van der Waals surface area contributed by atoms with Gasteiger partial charge in [0, 0.05) is 41.0 Å². The maximum absolute atomic E-state index is 12.0. The van der Waals surface area contributed by atoms with E-state index in [1.165, 1.54) is 6.08 Å². The Bertz CT molecular complexity index is 566. The molecule has 0 radical (unpaired) electrons. The molecule has 0 aliphatic rings. The molecule has 0 fully saturated rings. The van der Waals surface area contributed by atoms with E-state index in [0.717, 1.165) is 6.08 Å². The van der Waals surface area contributed by atoms with Gasteiger partial charge < -0.3 is 10.4 Å². The minimum absolute atomic E-state index is 0.251. The van der Waals surface area contributed by atoms with Crippen molar-refractivity contribution in [2.24, 2.45) is 0 Å². The second-order valence-electron chi connectivity index (χ2n) is 4.22. The van der Waals surface area contributed by atoms with E-state index >= 15 is 0 Å². The molecule has 0 aliphatic heterocycles. The summed E-state index contributed by atoms with van der Waals surface area (Å²) in [4.78, 5) is 22.5. The lowest BCUT2D eigenvalue weighted by atomic mass is 10.0. The van der Waals surface area contributed by atoms with Gasteiger partial charge in [-0.3, -0.25) is 9.00 Å². The lowest BCUT2D eigenvalue weighted by molar-refractivity contribution is -0.131. The summed E-state index contributed by atoms with van der Waals surface area (Å²) in [5.41, 5.74) is 1.87. The third-order valence-corrected chi connectivity index (χ3v) is 3.48. The summed E-state index contributed by atoms with van der Waals surface area (Å²) in [6, 6.07) is 5.11. The number of aliphatic carboxylic acids is 1. The monoisotopic (exact) mass is 295 g/mol. The zero-order valence-corrected chi connectivity index (χ0v) is 12.2. The molecular weight excluding hydrogens is 278 g/mol. The second kappa shape index (κ2) is 7.59. The fourth-order valence-corrected chi connectivity index (χ4v) is 2.03. The van der Waals surface area contributed by atoms with Crippen molar-refractivity contribution in [3.05, 3.63) is 41.0 Å². The van der Waals surface area contributed by atoms with Crippen LogP contribution in [0.2, 0.25) is 0 Å². The first-order valence-electron chi connectivity index (χ1n) is 6.00. The molecule has 6 heteroatoms. The highest BCUT2D eigenvalue weighted by atomic mass is 32.2. The topological polar surface area (TPSA) is 83.5 Å². The molecular formula is C14H17NO4S. The molecule has 1 atom stereocenters. The molecule has 5 nitrogen and oxygen atoms in total. The first kappa shape index (κ1) is 16.1. The summed E-state index contributed by atoms with van der Waals surface area (Å²) in [5.74, 6) is -0.883. The summed E-state index contributed by atoms with van der Waals surface area (Å²) < 4.78 is 10.9. The van der Waals surface area contributed by atoms with Crippen LogP contribution in [0.1, 0.15) is 21.5 Å². The summed E-state index contributed by atoms with van der Waals surface area (Å²) in [6.07, 6.45) is 4.06. The van der Waals surface area contributed by atoms with Gasteiger partial charge in [0.15, 0.2) is 0 Å². The van der Waals surface area contributed by atoms with Gasteiger partial charge in [-0.2, -0.15) is 0 Å². The standard InChI is InChI=1S/C14H17NO4S/c1-10-11(6-7-13(16)17)4-3-5-12(10)14(18)15-8-9-20(2)19/h3-7H,8-9H2,1-2H3,(H,15,18)(H,16,17)/b7-6+. The SMILES string of the molecule is Cc1c(/C=C/C(=O)O)cccc1C(=O)NCCS(C)=O. The summed E-state index contributed by atoms with van der Waals surface area (Å²) in [7, 11) is -0.948. The Labute approximate surface area is 120 Å². The highest BCUT2D eigenvalue weighted by molar-refractivity contribution is 7.84. The molecule has 0 saturated carbocycles. The van der Waals surface area contributed by atoms with Crippen LogP contribution in [0.5, 0.6) is 0 Å². The number of carboxylic acids is 1. The van der Waals surface area contributed by atoms with Crippen LogP contribution in [-0.4, -0.2) is 39.7 Å². The van der Waals surface area contributed by atoms with E-state index in [4.69, 9.17) is 5.11 Å². The van der Waals surface area contributed by atoms with E-state index in [1.807, 2.05) is 0 Å². The molecule has 20 heavy (non-hydrogen) atoms. The van der Waals surface area contributed by atoms with Crippen molar-refractivity contribution in [1.29, 1.82) is 0 Å². The molecule has 1 rings (SSSR count). The van der Waals surface area contributed by atoms with Crippen LogP contribution in [0.15, 0.2) is 24.3 Å². The fourth-order valence-electron chi connectivity index (χ4n) is 1.64. The molecule has 0 aliphatic carbocycles. The molecule has 0 spiro atoms. The highest BCUT2D eigenvalue weighted by Gasteiger charge is 2.10. The van der Waals surface area contributed by atoms with Crippen LogP contribution in [0.3, 0.4) is 0 Å². The van der Waals surface area contributed by atoms with Crippen molar-refractivity contribution >= 4 is 28.8 Å². The van der Waals surface area contributed by atoms with E-state index < -0.39 is 16.8 Å². The maximum Gasteiger partial charge on any atom is 0.328 e. The number of carbonyl (C=O) groups is 2. The Morgan fingerprint density at radius 3 is 2.70 bits per heavy atom. The number of carbonyl (C=O) groups excluding carboxylic acids is 1. The van der Waals surface area contributed by atoms with Crippen molar-refractivity contribution < 1.29 is 18.9 Å². The molecule has 1 aromatic carbocycles. The largest absolute Gasteiger partial charge is 0.478 e. The van der Waals surface area contributed by atoms with Gasteiger partial charge in [0.05, 0.1) is 0 Å². The van der Waals surface area contributed by atoms with Crippen LogP contribution < -0.4 is 5.32 Å². The van der Waals surface area contributed by atoms with Gasteiger partial charge in [-0.1, -0.05) is 12.1 Å². The highest BCUT2D eigenvalue weighted by Crippen LogP contribution is 2.15. The molecule has 1 amide bonds. The molecule has 1 unspecified atom stereocenters. The van der Waals surface area contributed by atoms with Gasteiger partial charge in [-0.05, 0) is 30.2 Å². The van der Waals surface area contributed by atoms with Crippen molar-refractivity contribution in [3.8, 4) is 0 Å². The van der Waals surface area contributed by atoms with E-state index in [1.54, 1.807) is 31.4 Å². The predicted octanol–water partition coefficient (Wildman–Crippen LogP) is 1.20. The number of carboxylic acid groups (broad SMARTS) is 1.